The number of hydrogen-bond donors (Lipinski definition) is 2. The van der Waals surface area contributed by atoms with E-state index < -0.39 is 30.4 Å². The Morgan fingerprint density at radius 3 is 2.40 bits per heavy atom. The monoisotopic (exact) mass is 408 g/mol. The molecule has 1 aromatic heterocycles. The Hall–Kier alpha value is -4.07. The Bertz CT molecular complexity index is 1000. The Morgan fingerprint density at radius 2 is 1.70 bits per heavy atom. The molecule has 0 aliphatic carbocycles. The Balaban J connectivity index is 1.65. The molecule has 0 saturated heterocycles. The number of carbonyl (C=O) groups is 3. The van der Waals surface area contributed by atoms with E-state index in [1.165, 1.54) is 19.4 Å². The highest BCUT2D eigenvalue weighted by atomic mass is 16.5. The number of rotatable bonds is 8. The molecule has 30 heavy (non-hydrogen) atoms. The molecule has 8 heteroatoms. The molecule has 3 rings (SSSR count). The average molecular weight is 408 g/mol. The first-order chi connectivity index (χ1) is 14.6. The van der Waals surface area contributed by atoms with Gasteiger partial charge in [-0.3, -0.25) is 9.59 Å². The van der Waals surface area contributed by atoms with Gasteiger partial charge in [0, 0.05) is 0 Å². The predicted octanol–water partition coefficient (Wildman–Crippen LogP) is 2.94. The number of hydrogen-bond acceptors (Lipinski definition) is 6. The van der Waals surface area contributed by atoms with E-state index in [1.807, 2.05) is 0 Å². The van der Waals surface area contributed by atoms with Gasteiger partial charge in [-0.2, -0.15) is 0 Å². The van der Waals surface area contributed by atoms with E-state index >= 15 is 0 Å². The van der Waals surface area contributed by atoms with Gasteiger partial charge in [0.2, 0.25) is 0 Å². The molecular weight excluding hydrogens is 388 g/mol. The second kappa shape index (κ2) is 9.92. The van der Waals surface area contributed by atoms with Crippen molar-refractivity contribution in [3.05, 3.63) is 84.3 Å². The molecule has 3 aromatic rings. The van der Waals surface area contributed by atoms with E-state index in [0.717, 1.165) is 0 Å². The zero-order valence-corrected chi connectivity index (χ0v) is 16.2. The summed E-state index contributed by atoms with van der Waals surface area (Å²) < 4.78 is 15.4. The van der Waals surface area contributed by atoms with E-state index in [4.69, 9.17) is 13.9 Å². The van der Waals surface area contributed by atoms with Gasteiger partial charge in [-0.15, -0.1) is 0 Å². The largest absolute Gasteiger partial charge is 0.495 e. The minimum Gasteiger partial charge on any atom is -0.495 e. The summed E-state index contributed by atoms with van der Waals surface area (Å²) in [6, 6.07) is 17.4. The number of nitrogens with one attached hydrogen (secondary N) is 2. The van der Waals surface area contributed by atoms with E-state index in [-0.39, 0.29) is 5.76 Å². The van der Waals surface area contributed by atoms with Crippen molar-refractivity contribution in [1.82, 2.24) is 5.32 Å². The van der Waals surface area contributed by atoms with Crippen LogP contribution in [0, 0.1) is 0 Å². The highest BCUT2D eigenvalue weighted by Gasteiger charge is 2.26. The van der Waals surface area contributed by atoms with Crippen molar-refractivity contribution < 1.29 is 28.3 Å². The van der Waals surface area contributed by atoms with Crippen LogP contribution in [0.3, 0.4) is 0 Å². The third-order valence-electron chi connectivity index (χ3n) is 4.12. The van der Waals surface area contributed by atoms with Crippen molar-refractivity contribution in [3.8, 4) is 5.75 Å². The quantitative estimate of drug-likeness (QED) is 0.555. The first-order valence-electron chi connectivity index (χ1n) is 9.07. The fraction of sp³-hybridized carbons (Fsp3) is 0.136. The molecule has 1 atom stereocenters. The van der Waals surface area contributed by atoms with Crippen LogP contribution in [0.2, 0.25) is 0 Å². The van der Waals surface area contributed by atoms with Crippen LogP contribution in [0.15, 0.2) is 77.4 Å². The summed E-state index contributed by atoms with van der Waals surface area (Å²) in [6.45, 7) is -0.531. The second-order valence-corrected chi connectivity index (χ2v) is 6.15. The molecule has 0 spiro atoms. The minimum absolute atomic E-state index is 0.0534. The van der Waals surface area contributed by atoms with Gasteiger partial charge in [0.1, 0.15) is 5.75 Å². The van der Waals surface area contributed by atoms with Gasteiger partial charge in [-0.1, -0.05) is 42.5 Å². The van der Waals surface area contributed by atoms with Crippen LogP contribution < -0.4 is 15.4 Å². The third-order valence-corrected chi connectivity index (χ3v) is 4.12. The average Bonchev–Trinajstić information content (AvgIpc) is 3.32. The molecule has 2 amide bonds. The minimum atomic E-state index is -1.11. The number of amides is 2. The normalized spacial score (nSPS) is 11.2. The fourth-order valence-electron chi connectivity index (χ4n) is 2.69. The lowest BCUT2D eigenvalue weighted by atomic mass is 10.1. The van der Waals surface area contributed by atoms with Gasteiger partial charge in [0.05, 0.1) is 19.1 Å². The molecule has 8 nitrogen and oxygen atoms in total. The zero-order chi connectivity index (χ0) is 21.3. The van der Waals surface area contributed by atoms with Crippen molar-refractivity contribution in [3.63, 3.8) is 0 Å². The summed E-state index contributed by atoms with van der Waals surface area (Å²) in [7, 11) is 1.48. The number of methoxy groups -OCH3 is 1. The molecule has 0 saturated carbocycles. The SMILES string of the molecule is COc1ccccc1NC(=O)COC(=O)C(NC(=O)c1ccco1)c1ccccc1. The maximum absolute atomic E-state index is 12.7. The zero-order valence-electron chi connectivity index (χ0n) is 16.2. The topological polar surface area (TPSA) is 107 Å². The molecule has 0 fully saturated rings. The first kappa shape index (κ1) is 20.7. The maximum atomic E-state index is 12.7. The molecule has 2 N–H and O–H groups in total. The van der Waals surface area contributed by atoms with Gasteiger partial charge in [0.25, 0.3) is 11.8 Å². The molecule has 0 radical (unpaired) electrons. The number of anilines is 1. The number of para-hydroxylation sites is 2. The highest BCUT2D eigenvalue weighted by Crippen LogP contribution is 2.23. The van der Waals surface area contributed by atoms with Gasteiger partial charge in [-0.25, -0.2) is 4.79 Å². The highest BCUT2D eigenvalue weighted by molar-refractivity contribution is 5.96. The second-order valence-electron chi connectivity index (χ2n) is 6.15. The van der Waals surface area contributed by atoms with Crippen LogP contribution in [0.25, 0.3) is 0 Å². The van der Waals surface area contributed by atoms with Crippen molar-refractivity contribution in [2.24, 2.45) is 0 Å². The summed E-state index contributed by atoms with van der Waals surface area (Å²) in [5.74, 6) is -1.37. The summed E-state index contributed by atoms with van der Waals surface area (Å²) in [4.78, 5) is 37.2. The van der Waals surface area contributed by atoms with Crippen molar-refractivity contribution in [2.75, 3.05) is 19.0 Å². The number of furan rings is 1. The van der Waals surface area contributed by atoms with E-state index in [9.17, 15) is 14.4 Å². The van der Waals surface area contributed by atoms with Crippen LogP contribution in [0.1, 0.15) is 22.2 Å². The number of carbonyl (C=O) groups excluding carboxylic acids is 3. The first-order valence-corrected chi connectivity index (χ1v) is 9.07. The molecule has 154 valence electrons. The van der Waals surface area contributed by atoms with Gasteiger partial charge >= 0.3 is 5.97 Å². The number of ether oxygens (including phenoxy) is 2. The lowest BCUT2D eigenvalue weighted by Gasteiger charge is -2.17. The van der Waals surface area contributed by atoms with Crippen LogP contribution in [-0.4, -0.2) is 31.5 Å². The van der Waals surface area contributed by atoms with Crippen molar-refractivity contribution >= 4 is 23.5 Å². The van der Waals surface area contributed by atoms with Crippen molar-refractivity contribution in [1.29, 1.82) is 0 Å². The van der Waals surface area contributed by atoms with Crippen LogP contribution in [-0.2, 0) is 14.3 Å². The molecular formula is C22H20N2O6. The molecule has 0 aliphatic rings. The Morgan fingerprint density at radius 1 is 0.967 bits per heavy atom. The Kier molecular flexibility index (Phi) is 6.83. The number of esters is 1. The van der Waals surface area contributed by atoms with E-state index in [1.54, 1.807) is 60.7 Å². The number of benzene rings is 2. The smallest absolute Gasteiger partial charge is 0.333 e. The molecule has 0 aliphatic heterocycles. The Labute approximate surface area is 172 Å². The molecule has 1 unspecified atom stereocenters. The van der Waals surface area contributed by atoms with Gasteiger partial charge < -0.3 is 24.5 Å². The van der Waals surface area contributed by atoms with Gasteiger partial charge in [0.15, 0.2) is 18.4 Å². The summed E-state index contributed by atoms with van der Waals surface area (Å²) in [6.07, 6.45) is 1.35. The fourth-order valence-corrected chi connectivity index (χ4v) is 2.69. The van der Waals surface area contributed by atoms with Crippen LogP contribution in [0.4, 0.5) is 5.69 Å². The van der Waals surface area contributed by atoms with Crippen LogP contribution in [0.5, 0.6) is 5.75 Å². The standard InChI is InChI=1S/C22H20N2O6/c1-28-17-11-6-5-10-16(17)23-19(25)14-30-22(27)20(15-8-3-2-4-9-15)24-21(26)18-12-7-13-29-18/h2-13,20H,14H2,1H3,(H,23,25)(H,24,26). The van der Waals surface area contributed by atoms with E-state index in [2.05, 4.69) is 10.6 Å². The van der Waals surface area contributed by atoms with Crippen molar-refractivity contribution in [2.45, 2.75) is 6.04 Å². The third kappa shape index (κ3) is 5.26. The van der Waals surface area contributed by atoms with Crippen LogP contribution >= 0.6 is 0 Å². The van der Waals surface area contributed by atoms with E-state index in [0.29, 0.717) is 17.0 Å². The lowest BCUT2D eigenvalue weighted by molar-refractivity contribution is -0.149. The predicted molar refractivity (Wildman–Crippen MR) is 108 cm³/mol. The lowest BCUT2D eigenvalue weighted by Crippen LogP contribution is -2.36. The summed E-state index contributed by atoms with van der Waals surface area (Å²) >= 11 is 0. The maximum Gasteiger partial charge on any atom is 0.333 e. The van der Waals surface area contributed by atoms with Gasteiger partial charge in [-0.05, 0) is 29.8 Å². The molecule has 1 heterocycles. The summed E-state index contributed by atoms with van der Waals surface area (Å²) in [5, 5.41) is 5.18. The molecule has 0 bridgehead atoms. The summed E-state index contributed by atoms with van der Waals surface area (Å²) in [5.41, 5.74) is 0.958. The molecule has 2 aromatic carbocycles.